The topological polar surface area (TPSA) is 70.1 Å². The first-order valence-corrected chi connectivity index (χ1v) is 4.52. The minimum Gasteiger partial charge on any atom is -0.385 e. The van der Waals surface area contributed by atoms with Gasteiger partial charge in [0.1, 0.15) is 0 Å². The largest absolute Gasteiger partial charge is 0.385 e. The predicted molar refractivity (Wildman–Crippen MR) is 52.9 cm³/mol. The first-order chi connectivity index (χ1) is 6.77. The molecule has 5 nitrogen and oxygen atoms in total. The molecular formula is C9H15N3O2. The Bertz CT molecular complexity index is 335. The Morgan fingerprint density at radius 2 is 2.43 bits per heavy atom. The summed E-state index contributed by atoms with van der Waals surface area (Å²) in [5.74, 6) is 0. The average Bonchev–Trinajstić information content (AvgIpc) is 2.21. The molecule has 1 rings (SSSR count). The molecule has 0 aliphatic carbocycles. The van der Waals surface area contributed by atoms with Crippen molar-refractivity contribution in [2.24, 2.45) is 5.73 Å². The number of rotatable bonds is 5. The highest BCUT2D eigenvalue weighted by Gasteiger charge is 1.98. The molecule has 1 heterocycles. The minimum absolute atomic E-state index is 0.233. The molecule has 5 heteroatoms. The maximum Gasteiger partial charge on any atom is 0.277 e. The Morgan fingerprint density at radius 1 is 1.64 bits per heavy atom. The number of nitrogens with two attached hydrogens (primary N) is 1. The number of ether oxygens (including phenoxy) is 1. The number of methoxy groups -OCH3 is 1. The van der Waals surface area contributed by atoms with Crippen LogP contribution in [0.25, 0.3) is 0 Å². The van der Waals surface area contributed by atoms with Gasteiger partial charge in [0.05, 0.1) is 6.33 Å². The van der Waals surface area contributed by atoms with Gasteiger partial charge in [-0.25, -0.2) is 0 Å². The Hall–Kier alpha value is -1.20. The van der Waals surface area contributed by atoms with Crippen molar-refractivity contribution in [2.45, 2.75) is 19.5 Å². The number of aryl methyl sites for hydroxylation is 1. The van der Waals surface area contributed by atoms with E-state index in [4.69, 9.17) is 10.5 Å². The second kappa shape index (κ2) is 5.51. The van der Waals surface area contributed by atoms with Gasteiger partial charge < -0.3 is 15.0 Å². The van der Waals surface area contributed by atoms with Crippen LogP contribution in [-0.2, 0) is 17.8 Å². The van der Waals surface area contributed by atoms with E-state index in [1.54, 1.807) is 13.3 Å². The van der Waals surface area contributed by atoms with Crippen molar-refractivity contribution in [2.75, 3.05) is 13.7 Å². The van der Waals surface area contributed by atoms with Crippen molar-refractivity contribution < 1.29 is 4.74 Å². The lowest BCUT2D eigenvalue weighted by Crippen LogP contribution is -2.19. The van der Waals surface area contributed by atoms with Gasteiger partial charge in [-0.05, 0) is 6.42 Å². The summed E-state index contributed by atoms with van der Waals surface area (Å²) < 4.78 is 6.77. The van der Waals surface area contributed by atoms with Gasteiger partial charge in [0, 0.05) is 38.6 Å². The lowest BCUT2D eigenvalue weighted by atomic mass is 10.3. The SMILES string of the molecule is COCCCn1cnc(=O)c(CN)c1. The van der Waals surface area contributed by atoms with Gasteiger partial charge in [-0.15, -0.1) is 0 Å². The lowest BCUT2D eigenvalue weighted by molar-refractivity contribution is 0.190. The number of aromatic nitrogens is 2. The van der Waals surface area contributed by atoms with Crippen LogP contribution in [0.1, 0.15) is 12.0 Å². The summed E-state index contributed by atoms with van der Waals surface area (Å²) in [5, 5.41) is 0. The summed E-state index contributed by atoms with van der Waals surface area (Å²) in [4.78, 5) is 14.8. The lowest BCUT2D eigenvalue weighted by Gasteiger charge is -2.06. The molecule has 1 aromatic rings. The molecule has 0 fully saturated rings. The highest BCUT2D eigenvalue weighted by atomic mass is 16.5. The Labute approximate surface area is 82.5 Å². The highest BCUT2D eigenvalue weighted by molar-refractivity contribution is 5.03. The normalized spacial score (nSPS) is 10.4. The molecule has 1 aromatic heterocycles. The zero-order chi connectivity index (χ0) is 10.4. The number of hydrogen-bond acceptors (Lipinski definition) is 4. The molecule has 0 atom stereocenters. The Balaban J connectivity index is 2.65. The Kier molecular flexibility index (Phi) is 4.28. The van der Waals surface area contributed by atoms with Crippen LogP contribution in [0.5, 0.6) is 0 Å². The minimum atomic E-state index is -0.240. The van der Waals surface area contributed by atoms with E-state index in [2.05, 4.69) is 4.98 Å². The smallest absolute Gasteiger partial charge is 0.277 e. The van der Waals surface area contributed by atoms with Crippen molar-refractivity contribution in [3.05, 3.63) is 28.4 Å². The van der Waals surface area contributed by atoms with Crippen molar-refractivity contribution in [1.82, 2.24) is 9.55 Å². The molecule has 0 saturated heterocycles. The van der Waals surface area contributed by atoms with E-state index in [0.717, 1.165) is 13.0 Å². The van der Waals surface area contributed by atoms with E-state index < -0.39 is 0 Å². The van der Waals surface area contributed by atoms with Gasteiger partial charge in [-0.1, -0.05) is 0 Å². The van der Waals surface area contributed by atoms with E-state index in [1.165, 1.54) is 6.33 Å². The molecule has 0 aliphatic heterocycles. The third-order valence-corrected chi connectivity index (χ3v) is 1.90. The molecule has 14 heavy (non-hydrogen) atoms. The third-order valence-electron chi connectivity index (χ3n) is 1.90. The summed E-state index contributed by atoms with van der Waals surface area (Å²) in [6, 6.07) is 0. The molecule has 78 valence electrons. The van der Waals surface area contributed by atoms with Crippen LogP contribution < -0.4 is 11.3 Å². The second-order valence-corrected chi connectivity index (χ2v) is 2.99. The van der Waals surface area contributed by atoms with Crippen LogP contribution in [-0.4, -0.2) is 23.3 Å². The van der Waals surface area contributed by atoms with Gasteiger partial charge >= 0.3 is 0 Å². The van der Waals surface area contributed by atoms with Gasteiger partial charge in [-0.2, -0.15) is 4.98 Å². The molecule has 0 spiro atoms. The van der Waals surface area contributed by atoms with Crippen LogP contribution in [0.2, 0.25) is 0 Å². The van der Waals surface area contributed by atoms with Gasteiger partial charge in [0.25, 0.3) is 5.56 Å². The van der Waals surface area contributed by atoms with Crippen molar-refractivity contribution in [3.63, 3.8) is 0 Å². The number of nitrogens with zero attached hydrogens (tertiary/aromatic N) is 2. The molecule has 0 radical (unpaired) electrons. The molecule has 2 N–H and O–H groups in total. The van der Waals surface area contributed by atoms with Crippen LogP contribution in [0.4, 0.5) is 0 Å². The second-order valence-electron chi connectivity index (χ2n) is 2.99. The first-order valence-electron chi connectivity index (χ1n) is 4.52. The molecule has 0 aliphatic rings. The molecule has 0 saturated carbocycles. The number of hydrogen-bond donors (Lipinski definition) is 1. The van der Waals surface area contributed by atoms with Gasteiger partial charge in [0.2, 0.25) is 0 Å². The summed E-state index contributed by atoms with van der Waals surface area (Å²) in [5.41, 5.74) is 5.70. The fraction of sp³-hybridized carbons (Fsp3) is 0.556. The molecule has 0 aromatic carbocycles. The standard InChI is InChI=1S/C9H15N3O2/c1-14-4-2-3-12-6-8(5-10)9(13)11-7-12/h6-7H,2-5,10H2,1H3. The summed E-state index contributed by atoms with van der Waals surface area (Å²) in [6.45, 7) is 1.72. The third kappa shape index (κ3) is 2.93. The van der Waals surface area contributed by atoms with Crippen LogP contribution in [0.3, 0.4) is 0 Å². The van der Waals surface area contributed by atoms with Crippen molar-refractivity contribution in [1.29, 1.82) is 0 Å². The Morgan fingerprint density at radius 3 is 3.07 bits per heavy atom. The van der Waals surface area contributed by atoms with E-state index >= 15 is 0 Å². The quantitative estimate of drug-likeness (QED) is 0.660. The van der Waals surface area contributed by atoms with Crippen LogP contribution >= 0.6 is 0 Å². The monoisotopic (exact) mass is 197 g/mol. The van der Waals surface area contributed by atoms with Crippen molar-refractivity contribution >= 4 is 0 Å². The molecule has 0 bridgehead atoms. The van der Waals surface area contributed by atoms with Crippen LogP contribution in [0.15, 0.2) is 17.3 Å². The molecular weight excluding hydrogens is 182 g/mol. The zero-order valence-electron chi connectivity index (χ0n) is 8.27. The van der Waals surface area contributed by atoms with E-state index in [0.29, 0.717) is 12.2 Å². The average molecular weight is 197 g/mol. The van der Waals surface area contributed by atoms with E-state index in [-0.39, 0.29) is 12.1 Å². The van der Waals surface area contributed by atoms with Crippen molar-refractivity contribution in [3.8, 4) is 0 Å². The summed E-state index contributed by atoms with van der Waals surface area (Å²) in [6.07, 6.45) is 4.16. The maximum absolute atomic E-state index is 11.1. The molecule has 0 unspecified atom stereocenters. The predicted octanol–water partition coefficient (Wildman–Crippen LogP) is -0.261. The fourth-order valence-electron chi connectivity index (χ4n) is 1.15. The van der Waals surface area contributed by atoms with Gasteiger partial charge in [0.15, 0.2) is 0 Å². The molecule has 0 amide bonds. The maximum atomic E-state index is 11.1. The summed E-state index contributed by atoms with van der Waals surface area (Å²) >= 11 is 0. The van der Waals surface area contributed by atoms with E-state index in [9.17, 15) is 4.79 Å². The fourth-order valence-corrected chi connectivity index (χ4v) is 1.15. The first kappa shape index (κ1) is 10.9. The summed E-state index contributed by atoms with van der Waals surface area (Å²) in [7, 11) is 1.66. The zero-order valence-corrected chi connectivity index (χ0v) is 8.27. The highest BCUT2D eigenvalue weighted by Crippen LogP contribution is 1.92. The van der Waals surface area contributed by atoms with E-state index in [1.807, 2.05) is 4.57 Å². The van der Waals surface area contributed by atoms with Gasteiger partial charge in [-0.3, -0.25) is 4.79 Å². The van der Waals surface area contributed by atoms with Crippen LogP contribution in [0, 0.1) is 0 Å².